The average molecular weight is 290 g/mol. The Kier molecular flexibility index (Phi) is 5.05. The van der Waals surface area contributed by atoms with Gasteiger partial charge in [-0.05, 0) is 61.2 Å². The minimum atomic E-state index is -0.0227. The predicted molar refractivity (Wildman–Crippen MR) is 84.5 cm³/mol. The molecule has 0 aromatic heterocycles. The Hall–Kier alpha value is -1.51. The van der Waals surface area contributed by atoms with Gasteiger partial charge in [0, 0.05) is 11.1 Å². The van der Waals surface area contributed by atoms with E-state index < -0.39 is 0 Å². The molecule has 0 amide bonds. The fourth-order valence-electron chi connectivity index (χ4n) is 2.23. The van der Waals surface area contributed by atoms with Crippen molar-refractivity contribution in [3.05, 3.63) is 64.2 Å². The van der Waals surface area contributed by atoms with Crippen molar-refractivity contribution in [3.8, 4) is 5.75 Å². The highest BCUT2D eigenvalue weighted by molar-refractivity contribution is 6.30. The molecule has 2 aromatic carbocycles. The Morgan fingerprint density at radius 2 is 1.65 bits per heavy atom. The average Bonchev–Trinajstić information content (AvgIpc) is 2.42. The summed E-state index contributed by atoms with van der Waals surface area (Å²) in [6.45, 7) is 4.74. The van der Waals surface area contributed by atoms with Crippen molar-refractivity contribution < 1.29 is 4.74 Å². The van der Waals surface area contributed by atoms with Crippen LogP contribution in [-0.2, 0) is 6.42 Å². The first-order valence-corrected chi connectivity index (χ1v) is 7.13. The number of benzene rings is 2. The molecule has 0 spiro atoms. The summed E-state index contributed by atoms with van der Waals surface area (Å²) in [5.74, 6) is 0.798. The number of halogens is 1. The SMILES string of the molecule is Cc1cccc(C)c1CC(N)COc1ccc(Cl)cc1. The minimum absolute atomic E-state index is 0.0227. The number of rotatable bonds is 5. The lowest BCUT2D eigenvalue weighted by Crippen LogP contribution is -2.30. The summed E-state index contributed by atoms with van der Waals surface area (Å²) in [6.07, 6.45) is 0.825. The number of hydrogen-bond donors (Lipinski definition) is 1. The fraction of sp³-hybridized carbons (Fsp3) is 0.294. The number of nitrogens with two attached hydrogens (primary N) is 1. The highest BCUT2D eigenvalue weighted by Gasteiger charge is 2.09. The van der Waals surface area contributed by atoms with Gasteiger partial charge in [0.2, 0.25) is 0 Å². The molecule has 0 aliphatic heterocycles. The van der Waals surface area contributed by atoms with E-state index in [9.17, 15) is 0 Å². The van der Waals surface area contributed by atoms with Crippen LogP contribution < -0.4 is 10.5 Å². The van der Waals surface area contributed by atoms with Crippen molar-refractivity contribution in [3.63, 3.8) is 0 Å². The third kappa shape index (κ3) is 3.99. The van der Waals surface area contributed by atoms with E-state index in [0.717, 1.165) is 12.2 Å². The van der Waals surface area contributed by atoms with Crippen LogP contribution in [0.3, 0.4) is 0 Å². The lowest BCUT2D eigenvalue weighted by atomic mass is 9.97. The van der Waals surface area contributed by atoms with Gasteiger partial charge in [-0.3, -0.25) is 0 Å². The minimum Gasteiger partial charge on any atom is -0.492 e. The maximum atomic E-state index is 6.17. The van der Waals surface area contributed by atoms with Gasteiger partial charge in [-0.25, -0.2) is 0 Å². The molecule has 20 heavy (non-hydrogen) atoms. The maximum absolute atomic E-state index is 6.17. The molecular weight excluding hydrogens is 270 g/mol. The van der Waals surface area contributed by atoms with Crippen LogP contribution in [0.1, 0.15) is 16.7 Å². The van der Waals surface area contributed by atoms with Crippen molar-refractivity contribution in [2.24, 2.45) is 5.73 Å². The van der Waals surface area contributed by atoms with Gasteiger partial charge in [-0.2, -0.15) is 0 Å². The Bertz CT molecular complexity index is 545. The van der Waals surface area contributed by atoms with Crippen LogP contribution in [0, 0.1) is 13.8 Å². The Morgan fingerprint density at radius 3 is 2.25 bits per heavy atom. The van der Waals surface area contributed by atoms with E-state index in [-0.39, 0.29) is 6.04 Å². The summed E-state index contributed by atoms with van der Waals surface area (Å²) in [5, 5.41) is 0.706. The third-order valence-corrected chi connectivity index (χ3v) is 3.64. The molecule has 1 atom stereocenters. The van der Waals surface area contributed by atoms with E-state index in [1.807, 2.05) is 24.3 Å². The second-order valence-electron chi connectivity index (χ2n) is 5.10. The normalized spacial score (nSPS) is 12.2. The molecule has 2 nitrogen and oxygen atoms in total. The van der Waals surface area contributed by atoms with Crippen molar-refractivity contribution in [1.29, 1.82) is 0 Å². The quantitative estimate of drug-likeness (QED) is 0.906. The summed E-state index contributed by atoms with van der Waals surface area (Å²) in [6, 6.07) is 13.6. The largest absolute Gasteiger partial charge is 0.492 e. The van der Waals surface area contributed by atoms with Gasteiger partial charge in [0.25, 0.3) is 0 Å². The molecule has 0 saturated heterocycles. The van der Waals surface area contributed by atoms with E-state index in [1.165, 1.54) is 16.7 Å². The Morgan fingerprint density at radius 1 is 1.05 bits per heavy atom. The van der Waals surface area contributed by atoms with Crippen LogP contribution in [0.4, 0.5) is 0 Å². The molecule has 1 unspecified atom stereocenters. The highest BCUT2D eigenvalue weighted by Crippen LogP contribution is 2.17. The zero-order valence-corrected chi connectivity index (χ0v) is 12.7. The molecule has 2 aromatic rings. The van der Waals surface area contributed by atoms with Gasteiger partial charge in [-0.15, -0.1) is 0 Å². The van der Waals surface area contributed by atoms with Crippen molar-refractivity contribution in [2.45, 2.75) is 26.3 Å². The first-order valence-electron chi connectivity index (χ1n) is 6.75. The van der Waals surface area contributed by atoms with Crippen molar-refractivity contribution >= 4 is 11.6 Å². The monoisotopic (exact) mass is 289 g/mol. The van der Waals surface area contributed by atoms with Gasteiger partial charge in [-0.1, -0.05) is 29.8 Å². The topological polar surface area (TPSA) is 35.2 Å². The first-order chi connectivity index (χ1) is 9.56. The smallest absolute Gasteiger partial charge is 0.119 e. The van der Waals surface area contributed by atoms with Gasteiger partial charge < -0.3 is 10.5 Å². The molecule has 3 heteroatoms. The lowest BCUT2D eigenvalue weighted by molar-refractivity contribution is 0.287. The van der Waals surface area contributed by atoms with Crippen LogP contribution >= 0.6 is 11.6 Å². The Balaban J connectivity index is 1.92. The van der Waals surface area contributed by atoms with Crippen molar-refractivity contribution in [1.82, 2.24) is 0 Å². The maximum Gasteiger partial charge on any atom is 0.119 e. The summed E-state index contributed by atoms with van der Waals surface area (Å²) < 4.78 is 5.69. The summed E-state index contributed by atoms with van der Waals surface area (Å²) in [5.41, 5.74) is 10.1. The van der Waals surface area contributed by atoms with Crippen LogP contribution in [0.25, 0.3) is 0 Å². The van der Waals surface area contributed by atoms with Crippen LogP contribution in [-0.4, -0.2) is 12.6 Å². The third-order valence-electron chi connectivity index (χ3n) is 3.39. The predicted octanol–water partition coefficient (Wildman–Crippen LogP) is 3.91. The van der Waals surface area contributed by atoms with Crippen LogP contribution in [0.15, 0.2) is 42.5 Å². The van der Waals surface area contributed by atoms with E-state index in [0.29, 0.717) is 11.6 Å². The summed E-state index contributed by atoms with van der Waals surface area (Å²) in [4.78, 5) is 0. The Labute approximate surface area is 125 Å². The van der Waals surface area contributed by atoms with Gasteiger partial charge in [0.1, 0.15) is 12.4 Å². The van der Waals surface area contributed by atoms with E-state index in [1.54, 1.807) is 0 Å². The molecule has 0 fully saturated rings. The molecule has 2 rings (SSSR count). The molecule has 0 bridgehead atoms. The zero-order chi connectivity index (χ0) is 14.5. The molecule has 2 N–H and O–H groups in total. The number of aryl methyl sites for hydroxylation is 2. The summed E-state index contributed by atoms with van der Waals surface area (Å²) in [7, 11) is 0. The van der Waals surface area contributed by atoms with Crippen LogP contribution in [0.5, 0.6) is 5.75 Å². The molecule has 106 valence electrons. The summed E-state index contributed by atoms with van der Waals surface area (Å²) >= 11 is 5.84. The molecule has 0 saturated carbocycles. The number of ether oxygens (including phenoxy) is 1. The second-order valence-corrected chi connectivity index (χ2v) is 5.54. The van der Waals surface area contributed by atoms with Gasteiger partial charge in [0.15, 0.2) is 0 Å². The number of hydrogen-bond acceptors (Lipinski definition) is 2. The van der Waals surface area contributed by atoms with Crippen LogP contribution in [0.2, 0.25) is 5.02 Å². The van der Waals surface area contributed by atoms with Gasteiger partial charge in [0.05, 0.1) is 0 Å². The first kappa shape index (κ1) is 14.9. The fourth-order valence-corrected chi connectivity index (χ4v) is 2.35. The van der Waals surface area contributed by atoms with E-state index >= 15 is 0 Å². The van der Waals surface area contributed by atoms with Crippen molar-refractivity contribution in [2.75, 3.05) is 6.61 Å². The molecule has 0 aliphatic rings. The molecule has 0 radical (unpaired) electrons. The molecule has 0 heterocycles. The van der Waals surface area contributed by atoms with E-state index in [4.69, 9.17) is 22.1 Å². The second kappa shape index (κ2) is 6.78. The van der Waals surface area contributed by atoms with Gasteiger partial charge >= 0.3 is 0 Å². The zero-order valence-electron chi connectivity index (χ0n) is 11.9. The van der Waals surface area contributed by atoms with E-state index in [2.05, 4.69) is 32.0 Å². The highest BCUT2D eigenvalue weighted by atomic mass is 35.5. The molecular formula is C17H20ClNO. The lowest BCUT2D eigenvalue weighted by Gasteiger charge is -2.16. The molecule has 0 aliphatic carbocycles. The standard InChI is InChI=1S/C17H20ClNO/c1-12-4-3-5-13(2)17(12)10-15(19)11-20-16-8-6-14(18)7-9-16/h3-9,15H,10-11,19H2,1-2H3.